The van der Waals surface area contributed by atoms with Crippen molar-refractivity contribution in [2.75, 3.05) is 19.6 Å². The van der Waals surface area contributed by atoms with Gasteiger partial charge in [0.2, 0.25) is 0 Å². The Balaban J connectivity index is 1.73. The van der Waals surface area contributed by atoms with Gasteiger partial charge in [-0.1, -0.05) is 33.6 Å². The van der Waals surface area contributed by atoms with Gasteiger partial charge in [0.05, 0.1) is 0 Å². The van der Waals surface area contributed by atoms with Crippen LogP contribution in [-0.2, 0) is 0 Å². The van der Waals surface area contributed by atoms with E-state index < -0.39 is 0 Å². The molecule has 0 amide bonds. The third-order valence-electron chi connectivity index (χ3n) is 6.92. The van der Waals surface area contributed by atoms with E-state index in [1.807, 2.05) is 0 Å². The van der Waals surface area contributed by atoms with E-state index in [0.29, 0.717) is 11.0 Å². The number of piperazine rings is 1. The van der Waals surface area contributed by atoms with E-state index in [1.165, 1.54) is 64.6 Å². The van der Waals surface area contributed by atoms with Crippen LogP contribution in [0.25, 0.3) is 0 Å². The van der Waals surface area contributed by atoms with Gasteiger partial charge >= 0.3 is 0 Å². The maximum absolute atomic E-state index is 3.93. The molecule has 21 heavy (non-hydrogen) atoms. The average molecular weight is 293 g/mol. The molecule has 0 radical (unpaired) electrons. The highest BCUT2D eigenvalue weighted by atomic mass is 15.3. The van der Waals surface area contributed by atoms with Crippen LogP contribution in [0.4, 0.5) is 0 Å². The van der Waals surface area contributed by atoms with E-state index in [-0.39, 0.29) is 0 Å². The number of hydrogen-bond donors (Lipinski definition) is 1. The lowest BCUT2D eigenvalue weighted by Crippen LogP contribution is -2.66. The van der Waals surface area contributed by atoms with Crippen LogP contribution in [0, 0.1) is 17.3 Å². The van der Waals surface area contributed by atoms with E-state index in [9.17, 15) is 0 Å². The van der Waals surface area contributed by atoms with E-state index in [0.717, 1.165) is 17.9 Å². The minimum atomic E-state index is 0.388. The van der Waals surface area contributed by atoms with Gasteiger partial charge in [-0.05, 0) is 56.3 Å². The average Bonchev–Trinajstić information content (AvgIpc) is 3.21. The summed E-state index contributed by atoms with van der Waals surface area (Å²) in [5.41, 5.74) is 1.02. The molecule has 0 bridgehead atoms. The van der Waals surface area contributed by atoms with Gasteiger partial charge < -0.3 is 5.32 Å². The van der Waals surface area contributed by atoms with Gasteiger partial charge in [0.25, 0.3) is 0 Å². The molecule has 1 saturated heterocycles. The summed E-state index contributed by atoms with van der Waals surface area (Å²) in [5, 5.41) is 3.93. The topological polar surface area (TPSA) is 15.3 Å². The molecular weight excluding hydrogens is 256 g/mol. The lowest BCUT2D eigenvalue weighted by atomic mass is 9.80. The summed E-state index contributed by atoms with van der Waals surface area (Å²) in [7, 11) is 0. The fourth-order valence-corrected chi connectivity index (χ4v) is 5.07. The second-order valence-corrected chi connectivity index (χ2v) is 8.85. The van der Waals surface area contributed by atoms with Gasteiger partial charge in [-0.2, -0.15) is 0 Å². The Labute approximate surface area is 132 Å². The smallest absolute Gasteiger partial charge is 0.0309 e. The van der Waals surface area contributed by atoms with E-state index in [1.54, 1.807) is 0 Å². The molecule has 1 heterocycles. The standard InChI is InChI=1S/C19H36N2/c1-5-19(10-6-7-11-19)14-21-13-18(4,16-8-9-16)20-12-17(21)15(2)3/h15-17,20H,5-14H2,1-4H3. The first kappa shape index (κ1) is 15.8. The second kappa shape index (κ2) is 5.85. The molecule has 0 aromatic heterocycles. The molecule has 3 rings (SSSR count). The zero-order valence-corrected chi connectivity index (χ0v) is 14.8. The summed E-state index contributed by atoms with van der Waals surface area (Å²) < 4.78 is 0. The van der Waals surface area contributed by atoms with Crippen LogP contribution >= 0.6 is 0 Å². The van der Waals surface area contributed by atoms with Gasteiger partial charge in [-0.3, -0.25) is 4.90 Å². The summed E-state index contributed by atoms with van der Waals surface area (Å²) >= 11 is 0. The molecular formula is C19H36N2. The Hall–Kier alpha value is -0.0800. The van der Waals surface area contributed by atoms with Gasteiger partial charge in [-0.25, -0.2) is 0 Å². The molecule has 2 atom stereocenters. The zero-order chi connectivity index (χ0) is 15.1. The van der Waals surface area contributed by atoms with Crippen LogP contribution < -0.4 is 5.32 Å². The molecule has 122 valence electrons. The predicted octanol–water partition coefficient (Wildman–Crippen LogP) is 4.06. The fourth-order valence-electron chi connectivity index (χ4n) is 5.07. The first-order chi connectivity index (χ1) is 9.98. The second-order valence-electron chi connectivity index (χ2n) is 8.85. The Bertz CT molecular complexity index is 355. The van der Waals surface area contributed by atoms with Crippen molar-refractivity contribution >= 4 is 0 Å². The third kappa shape index (κ3) is 3.17. The Morgan fingerprint density at radius 1 is 1.19 bits per heavy atom. The van der Waals surface area contributed by atoms with Crippen molar-refractivity contribution in [3.63, 3.8) is 0 Å². The molecule has 1 aliphatic heterocycles. The highest BCUT2D eigenvalue weighted by Crippen LogP contribution is 2.45. The quantitative estimate of drug-likeness (QED) is 0.822. The van der Waals surface area contributed by atoms with Crippen molar-refractivity contribution < 1.29 is 0 Å². The third-order valence-corrected chi connectivity index (χ3v) is 6.92. The number of hydrogen-bond acceptors (Lipinski definition) is 2. The van der Waals surface area contributed by atoms with Crippen LogP contribution in [0.5, 0.6) is 0 Å². The fraction of sp³-hybridized carbons (Fsp3) is 1.00. The first-order valence-corrected chi connectivity index (χ1v) is 9.47. The van der Waals surface area contributed by atoms with Crippen molar-refractivity contribution in [1.82, 2.24) is 10.2 Å². The van der Waals surface area contributed by atoms with Gasteiger partial charge in [-0.15, -0.1) is 0 Å². The van der Waals surface area contributed by atoms with Crippen molar-refractivity contribution in [3.05, 3.63) is 0 Å². The van der Waals surface area contributed by atoms with Crippen LogP contribution in [0.15, 0.2) is 0 Å². The molecule has 2 saturated carbocycles. The van der Waals surface area contributed by atoms with Crippen LogP contribution in [-0.4, -0.2) is 36.1 Å². The van der Waals surface area contributed by atoms with Crippen LogP contribution in [0.1, 0.15) is 72.6 Å². The Morgan fingerprint density at radius 3 is 2.38 bits per heavy atom. The van der Waals surface area contributed by atoms with Gasteiger partial charge in [0.1, 0.15) is 0 Å². The molecule has 2 unspecified atom stereocenters. The molecule has 0 spiro atoms. The summed E-state index contributed by atoms with van der Waals surface area (Å²) in [6, 6.07) is 0.737. The minimum absolute atomic E-state index is 0.388. The molecule has 2 aliphatic carbocycles. The summed E-state index contributed by atoms with van der Waals surface area (Å²) in [4.78, 5) is 2.90. The van der Waals surface area contributed by atoms with Crippen LogP contribution in [0.3, 0.4) is 0 Å². The van der Waals surface area contributed by atoms with Crippen molar-refractivity contribution in [2.24, 2.45) is 17.3 Å². The monoisotopic (exact) mass is 292 g/mol. The van der Waals surface area contributed by atoms with Gasteiger partial charge in [0.15, 0.2) is 0 Å². The maximum atomic E-state index is 3.93. The number of nitrogens with one attached hydrogen (secondary N) is 1. The van der Waals surface area contributed by atoms with Crippen molar-refractivity contribution in [3.8, 4) is 0 Å². The lowest BCUT2D eigenvalue weighted by molar-refractivity contribution is 0.0165. The minimum Gasteiger partial charge on any atom is -0.308 e. The van der Waals surface area contributed by atoms with Crippen molar-refractivity contribution in [2.45, 2.75) is 84.2 Å². The summed E-state index contributed by atoms with van der Waals surface area (Å²) in [6.07, 6.45) is 10.1. The Morgan fingerprint density at radius 2 is 1.86 bits per heavy atom. The molecule has 3 aliphatic rings. The predicted molar refractivity (Wildman–Crippen MR) is 90.5 cm³/mol. The summed E-state index contributed by atoms with van der Waals surface area (Å²) in [5.74, 6) is 1.70. The largest absolute Gasteiger partial charge is 0.308 e. The maximum Gasteiger partial charge on any atom is 0.0309 e. The molecule has 3 fully saturated rings. The van der Waals surface area contributed by atoms with E-state index in [4.69, 9.17) is 0 Å². The Kier molecular flexibility index (Phi) is 4.40. The van der Waals surface area contributed by atoms with Crippen molar-refractivity contribution in [1.29, 1.82) is 0 Å². The molecule has 0 aromatic carbocycles. The summed E-state index contributed by atoms with van der Waals surface area (Å²) in [6.45, 7) is 13.6. The SMILES string of the molecule is CCC1(CN2CC(C)(C3CC3)NCC2C(C)C)CCCC1. The highest BCUT2D eigenvalue weighted by Gasteiger charge is 2.48. The van der Waals surface area contributed by atoms with E-state index in [2.05, 4.69) is 37.9 Å². The van der Waals surface area contributed by atoms with Gasteiger partial charge in [0, 0.05) is 31.2 Å². The normalized spacial score (nSPS) is 37.3. The number of rotatable bonds is 5. The first-order valence-electron chi connectivity index (χ1n) is 9.47. The lowest BCUT2D eigenvalue weighted by Gasteiger charge is -2.50. The van der Waals surface area contributed by atoms with Crippen LogP contribution in [0.2, 0.25) is 0 Å². The van der Waals surface area contributed by atoms with E-state index >= 15 is 0 Å². The highest BCUT2D eigenvalue weighted by molar-refractivity contribution is 5.05. The number of nitrogens with zero attached hydrogens (tertiary/aromatic N) is 1. The molecule has 0 aromatic rings. The zero-order valence-electron chi connectivity index (χ0n) is 14.8. The molecule has 1 N–H and O–H groups in total. The molecule has 2 heteroatoms. The molecule has 2 nitrogen and oxygen atoms in total.